The molecule has 0 radical (unpaired) electrons. The summed E-state index contributed by atoms with van der Waals surface area (Å²) in [5.41, 5.74) is 5.38. The number of allylic oxidation sites excluding steroid dienone is 2. The molecule has 56 heavy (non-hydrogen) atoms. The van der Waals surface area contributed by atoms with Crippen molar-refractivity contribution in [2.75, 3.05) is 19.8 Å². The maximum absolute atomic E-state index is 12.9. The van der Waals surface area contributed by atoms with Crippen LogP contribution in [-0.2, 0) is 18.4 Å². The Morgan fingerprint density at radius 1 is 0.589 bits per heavy atom. The molecule has 6 N–H and O–H groups in total. The number of phosphoric acid groups is 1. The molecule has 0 aliphatic heterocycles. The van der Waals surface area contributed by atoms with E-state index in [4.69, 9.17) is 14.8 Å². The minimum absolute atomic E-state index is 0.0602. The van der Waals surface area contributed by atoms with Crippen molar-refractivity contribution in [1.82, 2.24) is 5.32 Å². The molecule has 0 heterocycles. The van der Waals surface area contributed by atoms with Gasteiger partial charge in [-0.2, -0.15) is 0 Å². The second kappa shape index (κ2) is 42.3. The molecule has 4 unspecified atom stereocenters. The topological polar surface area (TPSA) is 151 Å². The third-order valence-corrected chi connectivity index (χ3v) is 11.9. The predicted molar refractivity (Wildman–Crippen MR) is 237 cm³/mol. The first-order valence-corrected chi connectivity index (χ1v) is 25.4. The van der Waals surface area contributed by atoms with Crippen LogP contribution in [-0.4, -0.2) is 59.0 Å². The quantitative estimate of drug-likeness (QED) is 0.0231. The summed E-state index contributed by atoms with van der Waals surface area (Å²) in [5.74, 6) is -0.415. The summed E-state index contributed by atoms with van der Waals surface area (Å²) in [6, 6.07) is -0.896. The van der Waals surface area contributed by atoms with Gasteiger partial charge in [0.15, 0.2) is 0 Å². The molecule has 4 atom stereocenters. The Morgan fingerprint density at radius 2 is 0.964 bits per heavy atom. The van der Waals surface area contributed by atoms with Crippen LogP contribution in [0.2, 0.25) is 0 Å². The smallest absolute Gasteiger partial charge is 0.393 e. The van der Waals surface area contributed by atoms with E-state index in [2.05, 4.69) is 31.3 Å². The van der Waals surface area contributed by atoms with Gasteiger partial charge in [0.2, 0.25) is 5.91 Å². The number of carbonyl (C=O) groups excluding carboxylic acids is 1. The molecule has 0 aromatic heterocycles. The number of aliphatic hydroxyl groups is 2. The normalized spacial score (nSPS) is 14.6. The van der Waals surface area contributed by atoms with Gasteiger partial charge in [0, 0.05) is 6.54 Å². The van der Waals surface area contributed by atoms with Crippen LogP contribution >= 0.6 is 7.82 Å². The molecular formula is C46H93N2O7P. The third-order valence-electron chi connectivity index (χ3n) is 10.9. The Kier molecular flexibility index (Phi) is 41.7. The van der Waals surface area contributed by atoms with Gasteiger partial charge in [0.25, 0.3) is 0 Å². The zero-order chi connectivity index (χ0) is 41.2. The molecular weight excluding hydrogens is 723 g/mol. The van der Waals surface area contributed by atoms with Crippen LogP contribution in [0.15, 0.2) is 12.2 Å². The van der Waals surface area contributed by atoms with Crippen molar-refractivity contribution in [2.24, 2.45) is 5.73 Å². The van der Waals surface area contributed by atoms with Gasteiger partial charge in [-0.25, -0.2) is 4.57 Å². The monoisotopic (exact) mass is 817 g/mol. The molecule has 334 valence electrons. The summed E-state index contributed by atoms with van der Waals surface area (Å²) in [7, 11) is -4.38. The highest BCUT2D eigenvalue weighted by Gasteiger charge is 2.28. The van der Waals surface area contributed by atoms with Crippen molar-refractivity contribution < 1.29 is 33.5 Å². The van der Waals surface area contributed by atoms with E-state index in [1.807, 2.05) is 0 Å². The second-order valence-electron chi connectivity index (χ2n) is 16.5. The maximum atomic E-state index is 12.9. The van der Waals surface area contributed by atoms with Crippen molar-refractivity contribution in [2.45, 2.75) is 257 Å². The maximum Gasteiger partial charge on any atom is 0.472 e. The molecule has 0 saturated carbocycles. The Balaban J connectivity index is 4.20. The highest BCUT2D eigenvalue weighted by atomic mass is 31.2. The van der Waals surface area contributed by atoms with Gasteiger partial charge in [-0.15, -0.1) is 0 Å². The van der Waals surface area contributed by atoms with Gasteiger partial charge in [0.05, 0.1) is 37.9 Å². The number of nitrogens with one attached hydrogen (secondary N) is 1. The molecule has 0 aliphatic carbocycles. The third kappa shape index (κ3) is 40.0. The molecule has 1 amide bonds. The van der Waals surface area contributed by atoms with E-state index in [9.17, 15) is 24.5 Å². The Hall–Kier alpha value is -0.800. The van der Waals surface area contributed by atoms with E-state index in [-0.39, 0.29) is 26.2 Å². The lowest BCUT2D eigenvalue weighted by molar-refractivity contribution is -0.125. The highest BCUT2D eigenvalue weighted by molar-refractivity contribution is 7.47. The SMILES string of the molecule is CCCCCCCCCCC/C=C\CCCCCCCC(O)CC(=O)NC(COP(=O)(O)OCCN)C(O)CCCCCCCCCCCCCCCCCC. The highest BCUT2D eigenvalue weighted by Crippen LogP contribution is 2.43. The molecule has 0 fully saturated rings. The molecule has 0 bridgehead atoms. The van der Waals surface area contributed by atoms with Crippen molar-refractivity contribution in [3.05, 3.63) is 12.2 Å². The minimum Gasteiger partial charge on any atom is -0.393 e. The van der Waals surface area contributed by atoms with E-state index < -0.39 is 32.0 Å². The summed E-state index contributed by atoms with van der Waals surface area (Å²) < 4.78 is 22.2. The van der Waals surface area contributed by atoms with Crippen LogP contribution in [0.5, 0.6) is 0 Å². The predicted octanol–water partition coefficient (Wildman–Crippen LogP) is 12.5. The fourth-order valence-electron chi connectivity index (χ4n) is 7.29. The average molecular weight is 817 g/mol. The molecule has 0 aromatic carbocycles. The number of hydrogen-bond acceptors (Lipinski definition) is 7. The van der Waals surface area contributed by atoms with Crippen LogP contribution in [0.25, 0.3) is 0 Å². The second-order valence-corrected chi connectivity index (χ2v) is 18.0. The van der Waals surface area contributed by atoms with Gasteiger partial charge in [-0.05, 0) is 38.5 Å². The van der Waals surface area contributed by atoms with Gasteiger partial charge in [-0.3, -0.25) is 13.8 Å². The van der Waals surface area contributed by atoms with Crippen LogP contribution in [0.1, 0.15) is 239 Å². The Bertz CT molecular complexity index is 909. The summed E-state index contributed by atoms with van der Waals surface area (Å²) >= 11 is 0. The number of phosphoric ester groups is 1. The molecule has 0 rings (SSSR count). The number of carbonyl (C=O) groups is 1. The first-order valence-electron chi connectivity index (χ1n) is 23.9. The van der Waals surface area contributed by atoms with Crippen molar-refractivity contribution in [3.8, 4) is 0 Å². The number of amides is 1. The van der Waals surface area contributed by atoms with Crippen LogP contribution in [0, 0.1) is 0 Å². The molecule has 9 nitrogen and oxygen atoms in total. The number of nitrogens with two attached hydrogens (primary N) is 1. The van der Waals surface area contributed by atoms with Crippen LogP contribution in [0.4, 0.5) is 0 Å². The number of hydrogen-bond donors (Lipinski definition) is 5. The van der Waals surface area contributed by atoms with E-state index in [0.717, 1.165) is 44.9 Å². The molecule has 0 aliphatic rings. The Morgan fingerprint density at radius 3 is 1.38 bits per heavy atom. The average Bonchev–Trinajstić information content (AvgIpc) is 3.17. The standard InChI is InChI=1S/C46H93N2O7P/c1-3-5-7-9-11-13-15-17-19-21-22-23-25-27-29-31-33-35-37-43(49)41-46(51)48-44(42-55-56(52,53)54-40-39-47)45(50)38-36-34-32-30-28-26-24-20-18-16-14-12-10-8-6-4-2/h22-23,43-45,49-50H,3-21,24-42,47H2,1-2H3,(H,48,51)(H,52,53)/b23-22-. The Labute approximate surface area is 346 Å². The first kappa shape index (κ1) is 55.2. The zero-order valence-corrected chi connectivity index (χ0v) is 37.7. The fraction of sp³-hybridized carbons (Fsp3) is 0.935. The first-order chi connectivity index (χ1) is 27.3. The van der Waals surface area contributed by atoms with E-state index >= 15 is 0 Å². The van der Waals surface area contributed by atoms with Gasteiger partial charge in [-0.1, -0.05) is 206 Å². The van der Waals surface area contributed by atoms with Crippen molar-refractivity contribution in [3.63, 3.8) is 0 Å². The lowest BCUT2D eigenvalue weighted by atomic mass is 10.0. The van der Waals surface area contributed by atoms with Gasteiger partial charge < -0.3 is 26.2 Å². The fourth-order valence-corrected chi connectivity index (χ4v) is 8.05. The number of rotatable bonds is 45. The molecule has 10 heteroatoms. The summed E-state index contributed by atoms with van der Waals surface area (Å²) in [6.07, 6.45) is 43.9. The number of unbranched alkanes of at least 4 members (excludes halogenated alkanes) is 29. The van der Waals surface area contributed by atoms with Crippen molar-refractivity contribution >= 4 is 13.7 Å². The van der Waals surface area contributed by atoms with Crippen LogP contribution in [0.3, 0.4) is 0 Å². The van der Waals surface area contributed by atoms with Gasteiger partial charge in [0.1, 0.15) is 0 Å². The minimum atomic E-state index is -4.38. The van der Waals surface area contributed by atoms with Gasteiger partial charge >= 0.3 is 7.82 Å². The molecule has 0 spiro atoms. The summed E-state index contributed by atoms with van der Waals surface area (Å²) in [5, 5.41) is 24.2. The number of aliphatic hydroxyl groups excluding tert-OH is 2. The summed E-state index contributed by atoms with van der Waals surface area (Å²) in [6.45, 7) is 4.07. The lowest BCUT2D eigenvalue weighted by Crippen LogP contribution is -2.47. The van der Waals surface area contributed by atoms with E-state index in [1.54, 1.807) is 0 Å². The van der Waals surface area contributed by atoms with Crippen molar-refractivity contribution in [1.29, 1.82) is 0 Å². The summed E-state index contributed by atoms with van der Waals surface area (Å²) in [4.78, 5) is 22.8. The lowest BCUT2D eigenvalue weighted by Gasteiger charge is -2.25. The molecule has 0 saturated heterocycles. The molecule has 0 aromatic rings. The van der Waals surface area contributed by atoms with E-state index in [1.165, 1.54) is 161 Å². The largest absolute Gasteiger partial charge is 0.472 e. The van der Waals surface area contributed by atoms with E-state index in [0.29, 0.717) is 12.8 Å². The zero-order valence-electron chi connectivity index (χ0n) is 36.8. The van der Waals surface area contributed by atoms with Crippen LogP contribution < -0.4 is 11.1 Å².